The van der Waals surface area contributed by atoms with Crippen LogP contribution in [0.1, 0.15) is 90.9 Å². The van der Waals surface area contributed by atoms with Gasteiger partial charge in [0.05, 0.1) is 0 Å². The summed E-state index contributed by atoms with van der Waals surface area (Å²) in [6.07, 6.45) is 15.7. The quantitative estimate of drug-likeness (QED) is 0.384. The summed E-state index contributed by atoms with van der Waals surface area (Å²) in [5.41, 5.74) is 0. The van der Waals surface area contributed by atoms with Gasteiger partial charge in [0, 0.05) is 0 Å². The molecule has 2 N–H and O–H groups in total. The van der Waals surface area contributed by atoms with E-state index >= 15 is 0 Å². The van der Waals surface area contributed by atoms with Crippen LogP contribution in [0.25, 0.3) is 0 Å². The maximum atomic E-state index is 5.58. The molecule has 6 heteroatoms. The number of nitrogens with one attached hydrogen (secondary N) is 2. The van der Waals surface area contributed by atoms with Crippen LogP contribution in [-0.2, 0) is 0 Å². The molecule has 0 saturated carbocycles. The number of fused-ring (bicyclic) bond motifs is 1. The van der Waals surface area contributed by atoms with Crippen molar-refractivity contribution in [3.05, 3.63) is 0 Å². The lowest BCUT2D eigenvalue weighted by atomic mass is 10.1. The molecule has 2 fully saturated rings. The van der Waals surface area contributed by atoms with Crippen molar-refractivity contribution in [1.82, 2.24) is 20.7 Å². The Labute approximate surface area is 158 Å². The van der Waals surface area contributed by atoms with E-state index < -0.39 is 0 Å². The molecule has 2 aliphatic heterocycles. The molecule has 0 bridgehead atoms. The highest BCUT2D eigenvalue weighted by molar-refractivity contribution is 7.80. The summed E-state index contributed by atoms with van der Waals surface area (Å²) >= 11 is 11.2. The summed E-state index contributed by atoms with van der Waals surface area (Å²) in [6.45, 7) is 4.51. The topological polar surface area (TPSA) is 30.5 Å². The second-order valence-corrected chi connectivity index (χ2v) is 7.80. The smallest absolute Gasteiger partial charge is 0.191 e. The molecule has 2 saturated heterocycles. The van der Waals surface area contributed by atoms with Gasteiger partial charge in [-0.1, -0.05) is 65.2 Å². The van der Waals surface area contributed by atoms with Gasteiger partial charge in [-0.15, -0.1) is 0 Å². The fraction of sp³-hybridized carbons (Fsp3) is 0.889. The Morgan fingerprint density at radius 1 is 0.667 bits per heavy atom. The van der Waals surface area contributed by atoms with E-state index in [9.17, 15) is 0 Å². The molecular formula is C18H34N4S2. The third-order valence-electron chi connectivity index (χ3n) is 4.98. The van der Waals surface area contributed by atoms with Gasteiger partial charge in [-0.05, 0) is 50.1 Å². The first-order valence-corrected chi connectivity index (χ1v) is 10.7. The zero-order valence-corrected chi connectivity index (χ0v) is 17.0. The zero-order valence-electron chi connectivity index (χ0n) is 15.4. The predicted octanol–water partition coefficient (Wildman–Crippen LogP) is 4.65. The minimum absolute atomic E-state index is 0.240. The molecule has 2 heterocycles. The van der Waals surface area contributed by atoms with Crippen LogP contribution in [0.3, 0.4) is 0 Å². The van der Waals surface area contributed by atoms with E-state index in [0.717, 1.165) is 23.1 Å². The lowest BCUT2D eigenvalue weighted by molar-refractivity contribution is 0.103. The third-order valence-corrected chi connectivity index (χ3v) is 5.59. The van der Waals surface area contributed by atoms with Crippen LogP contribution in [0.5, 0.6) is 0 Å². The Morgan fingerprint density at radius 2 is 1.04 bits per heavy atom. The number of thiocarbonyl (C=S) groups is 2. The molecule has 4 nitrogen and oxygen atoms in total. The summed E-state index contributed by atoms with van der Waals surface area (Å²) in [5.74, 6) is 0. The molecule has 2 unspecified atom stereocenters. The minimum atomic E-state index is 0.240. The summed E-state index contributed by atoms with van der Waals surface area (Å²) in [6, 6.07) is 0. The molecular weight excluding hydrogens is 336 g/mol. The number of hydrogen-bond acceptors (Lipinski definition) is 2. The highest BCUT2D eigenvalue weighted by Crippen LogP contribution is 2.26. The molecule has 2 atom stereocenters. The van der Waals surface area contributed by atoms with Gasteiger partial charge in [-0.25, -0.2) is 10.0 Å². The number of rotatable bonds is 12. The van der Waals surface area contributed by atoms with Gasteiger partial charge in [0.25, 0.3) is 0 Å². The molecule has 0 radical (unpaired) electrons. The third kappa shape index (κ3) is 5.19. The van der Waals surface area contributed by atoms with Crippen LogP contribution >= 0.6 is 24.4 Å². The van der Waals surface area contributed by atoms with Crippen molar-refractivity contribution in [2.24, 2.45) is 0 Å². The van der Waals surface area contributed by atoms with Crippen molar-refractivity contribution in [2.45, 2.75) is 103 Å². The average molecular weight is 371 g/mol. The number of unbranched alkanes of at least 4 members (excludes halogenated alkanes) is 8. The van der Waals surface area contributed by atoms with Gasteiger partial charge < -0.3 is 10.6 Å². The second kappa shape index (κ2) is 10.4. The largest absolute Gasteiger partial charge is 0.339 e. The number of nitrogens with zero attached hydrogens (tertiary/aromatic N) is 2. The molecule has 0 aromatic carbocycles. The van der Waals surface area contributed by atoms with Crippen molar-refractivity contribution in [2.75, 3.05) is 0 Å². The van der Waals surface area contributed by atoms with Gasteiger partial charge in [0.2, 0.25) is 0 Å². The Bertz CT molecular complexity index is 378. The van der Waals surface area contributed by atoms with Crippen LogP contribution in [-0.4, -0.2) is 32.6 Å². The van der Waals surface area contributed by atoms with Crippen LogP contribution in [0, 0.1) is 0 Å². The Hall–Kier alpha value is -0.620. The van der Waals surface area contributed by atoms with Crippen molar-refractivity contribution in [3.63, 3.8) is 0 Å². The lowest BCUT2D eigenvalue weighted by Crippen LogP contribution is -2.41. The van der Waals surface area contributed by atoms with E-state index in [-0.39, 0.29) is 12.3 Å². The Morgan fingerprint density at radius 3 is 1.42 bits per heavy atom. The first kappa shape index (κ1) is 19.7. The first-order chi connectivity index (χ1) is 11.7. The van der Waals surface area contributed by atoms with Crippen molar-refractivity contribution < 1.29 is 0 Å². The molecule has 0 spiro atoms. The average Bonchev–Trinajstić information content (AvgIpc) is 3.06. The summed E-state index contributed by atoms with van der Waals surface area (Å²) in [7, 11) is 0. The SMILES string of the molecule is CCCCCCCC1NC(=S)N2C(CCCCCCC)NC(=S)N12. The van der Waals surface area contributed by atoms with Gasteiger partial charge in [-0.2, -0.15) is 0 Å². The van der Waals surface area contributed by atoms with Crippen molar-refractivity contribution in [3.8, 4) is 0 Å². The highest BCUT2D eigenvalue weighted by Gasteiger charge is 2.45. The summed E-state index contributed by atoms with van der Waals surface area (Å²) in [4.78, 5) is 0. The van der Waals surface area contributed by atoms with Crippen molar-refractivity contribution >= 4 is 34.7 Å². The fourth-order valence-electron chi connectivity index (χ4n) is 3.59. The summed E-state index contributed by atoms with van der Waals surface area (Å²) in [5, 5.41) is 13.0. The number of hydrazine groups is 1. The molecule has 0 aromatic rings. The lowest BCUT2D eigenvalue weighted by Gasteiger charge is -2.26. The Kier molecular flexibility index (Phi) is 8.53. The van der Waals surface area contributed by atoms with E-state index in [1.54, 1.807) is 0 Å². The van der Waals surface area contributed by atoms with Gasteiger partial charge in [0.15, 0.2) is 10.2 Å². The monoisotopic (exact) mass is 370 g/mol. The number of hydrogen-bond donors (Lipinski definition) is 2. The van der Waals surface area contributed by atoms with E-state index in [4.69, 9.17) is 24.4 Å². The highest BCUT2D eigenvalue weighted by atomic mass is 32.1. The van der Waals surface area contributed by atoms with E-state index in [2.05, 4.69) is 34.5 Å². The van der Waals surface area contributed by atoms with E-state index in [1.807, 2.05) is 0 Å². The summed E-state index contributed by atoms with van der Waals surface area (Å²) < 4.78 is 0. The maximum Gasteiger partial charge on any atom is 0.191 e. The normalized spacial score (nSPS) is 22.8. The van der Waals surface area contributed by atoms with E-state index in [1.165, 1.54) is 64.2 Å². The molecule has 2 rings (SSSR count). The van der Waals surface area contributed by atoms with Gasteiger partial charge in [0.1, 0.15) is 12.3 Å². The zero-order chi connectivity index (χ0) is 17.4. The Balaban J connectivity index is 1.78. The van der Waals surface area contributed by atoms with Gasteiger partial charge in [-0.3, -0.25) is 0 Å². The standard InChI is InChI=1S/C18H34N4S2/c1-3-5-7-9-11-13-15-19-17(23)22-16(20-18(24)21(15)22)14-12-10-8-6-4-2/h15-16H,3-14H2,1-2H3,(H,19,23)(H,20,24). The molecule has 0 amide bonds. The molecule has 138 valence electrons. The molecule has 0 aliphatic carbocycles. The van der Waals surface area contributed by atoms with Crippen molar-refractivity contribution in [1.29, 1.82) is 0 Å². The van der Waals surface area contributed by atoms with Gasteiger partial charge >= 0.3 is 0 Å². The second-order valence-electron chi connectivity index (χ2n) is 7.03. The molecule has 2 aliphatic rings. The van der Waals surface area contributed by atoms with Crippen LogP contribution in [0.4, 0.5) is 0 Å². The minimum Gasteiger partial charge on any atom is -0.339 e. The van der Waals surface area contributed by atoms with Crippen LogP contribution < -0.4 is 10.6 Å². The molecule has 24 heavy (non-hydrogen) atoms. The van der Waals surface area contributed by atoms with Crippen LogP contribution in [0.2, 0.25) is 0 Å². The maximum absolute atomic E-state index is 5.58. The first-order valence-electron chi connectivity index (χ1n) is 9.88. The molecule has 0 aromatic heterocycles. The fourth-order valence-corrected chi connectivity index (χ4v) is 4.29. The predicted molar refractivity (Wildman–Crippen MR) is 109 cm³/mol. The van der Waals surface area contributed by atoms with E-state index in [0.29, 0.717) is 0 Å². The van der Waals surface area contributed by atoms with Crippen LogP contribution in [0.15, 0.2) is 0 Å².